The number of methoxy groups -OCH3 is 2. The number of hydrogen-bond acceptors (Lipinski definition) is 9. The number of pyridine rings is 1. The van der Waals surface area contributed by atoms with E-state index in [9.17, 15) is 18.0 Å². The number of alkyl halides is 3. The number of amides is 1. The molecule has 216 valence electrons. The van der Waals surface area contributed by atoms with Crippen molar-refractivity contribution in [2.45, 2.75) is 30.1 Å². The molecule has 0 atom stereocenters. The second kappa shape index (κ2) is 13.4. The maximum absolute atomic E-state index is 13.7. The second-order valence-corrected chi connectivity index (χ2v) is 9.79. The first-order chi connectivity index (χ1) is 19.7. The highest BCUT2D eigenvalue weighted by Crippen LogP contribution is 2.33. The Hall–Kier alpha value is -4.26. The molecule has 4 rings (SSSR count). The van der Waals surface area contributed by atoms with Crippen molar-refractivity contribution in [1.29, 1.82) is 0 Å². The summed E-state index contributed by atoms with van der Waals surface area (Å²) in [6.45, 7) is 0.668. The van der Waals surface area contributed by atoms with E-state index < -0.39 is 17.8 Å². The highest BCUT2D eigenvalue weighted by atomic mass is 32.2. The number of thioether (sulfide) groups is 1. The van der Waals surface area contributed by atoms with Gasteiger partial charge in [0, 0.05) is 38.6 Å². The highest BCUT2D eigenvalue weighted by molar-refractivity contribution is 7.98. The molecule has 0 fully saturated rings. The van der Waals surface area contributed by atoms with Crippen molar-refractivity contribution in [2.75, 3.05) is 32.7 Å². The summed E-state index contributed by atoms with van der Waals surface area (Å²) >= 11 is 0.981. The lowest BCUT2D eigenvalue weighted by Gasteiger charge is -2.20. The molecular weight excluding hydrogens is 559 g/mol. The Morgan fingerprint density at radius 3 is 2.56 bits per heavy atom. The van der Waals surface area contributed by atoms with Crippen LogP contribution in [0.5, 0.6) is 11.5 Å². The van der Waals surface area contributed by atoms with E-state index >= 15 is 0 Å². The zero-order valence-electron chi connectivity index (χ0n) is 22.6. The van der Waals surface area contributed by atoms with Crippen molar-refractivity contribution in [3.8, 4) is 11.5 Å². The third-order valence-corrected chi connectivity index (χ3v) is 6.83. The van der Waals surface area contributed by atoms with Gasteiger partial charge in [-0.25, -0.2) is 9.97 Å². The first-order valence-electron chi connectivity index (χ1n) is 12.4. The van der Waals surface area contributed by atoms with Crippen LogP contribution in [-0.2, 0) is 24.9 Å². The molecule has 4 aromatic rings. The first-order valence-corrected chi connectivity index (χ1v) is 13.4. The van der Waals surface area contributed by atoms with Crippen molar-refractivity contribution >= 4 is 23.5 Å². The molecule has 9 nitrogen and oxygen atoms in total. The van der Waals surface area contributed by atoms with Gasteiger partial charge in [-0.15, -0.1) is 0 Å². The Labute approximate surface area is 239 Å². The predicted molar refractivity (Wildman–Crippen MR) is 147 cm³/mol. The average Bonchev–Trinajstić information content (AvgIpc) is 3.46. The van der Waals surface area contributed by atoms with Gasteiger partial charge in [0.2, 0.25) is 0 Å². The van der Waals surface area contributed by atoms with E-state index in [2.05, 4.69) is 20.3 Å². The van der Waals surface area contributed by atoms with E-state index in [0.717, 1.165) is 29.0 Å². The third kappa shape index (κ3) is 8.13. The van der Waals surface area contributed by atoms with Gasteiger partial charge in [-0.3, -0.25) is 9.78 Å². The van der Waals surface area contributed by atoms with Gasteiger partial charge in [-0.05, 0) is 47.9 Å². The van der Waals surface area contributed by atoms with Gasteiger partial charge in [0.25, 0.3) is 5.91 Å². The number of nitrogens with one attached hydrogen (secondary N) is 1. The summed E-state index contributed by atoms with van der Waals surface area (Å²) in [7, 11) is 4.75. The van der Waals surface area contributed by atoms with Gasteiger partial charge < -0.3 is 24.1 Å². The lowest BCUT2D eigenvalue weighted by molar-refractivity contribution is -0.141. The van der Waals surface area contributed by atoms with Crippen molar-refractivity contribution in [1.82, 2.24) is 20.3 Å². The number of halogens is 3. The fourth-order valence-electron chi connectivity index (χ4n) is 3.75. The van der Waals surface area contributed by atoms with Crippen LogP contribution in [0, 0.1) is 0 Å². The number of carbonyl (C=O) groups is 1. The number of rotatable bonds is 12. The highest BCUT2D eigenvalue weighted by Gasteiger charge is 2.34. The fraction of sp³-hybridized carbons (Fsp3) is 0.286. The number of carbonyl (C=O) groups excluding carboxylic acids is 1. The summed E-state index contributed by atoms with van der Waals surface area (Å²) in [6, 6.07) is 13.1. The van der Waals surface area contributed by atoms with Crippen LogP contribution in [0.1, 0.15) is 33.1 Å². The molecule has 0 spiro atoms. The largest absolute Gasteiger partial charge is 0.493 e. The Balaban J connectivity index is 1.41. The molecule has 0 unspecified atom stereocenters. The van der Waals surface area contributed by atoms with Gasteiger partial charge in [-0.1, -0.05) is 23.9 Å². The molecule has 13 heteroatoms. The minimum Gasteiger partial charge on any atom is -0.493 e. The standard InChI is InChI=1S/C28H28F3N5O4S/c1-36(12-10-18-6-8-21(38-2)23(13-18)39-3)25-14-24(28(29,30)31)34-27(35-25)41-17-20-7-9-22(40-20)26(37)33-16-19-5-4-11-32-15-19/h4-9,11,13-15H,10,12,16-17H2,1-3H3,(H,33,37). The Bertz CT molecular complexity index is 1470. The normalized spacial score (nSPS) is 11.3. The summed E-state index contributed by atoms with van der Waals surface area (Å²) in [5.41, 5.74) is 0.708. The van der Waals surface area contributed by atoms with Crippen molar-refractivity contribution in [2.24, 2.45) is 0 Å². The van der Waals surface area contributed by atoms with E-state index in [1.54, 1.807) is 49.7 Å². The summed E-state index contributed by atoms with van der Waals surface area (Å²) in [4.78, 5) is 26.1. The molecule has 1 N–H and O–H groups in total. The number of aromatic nitrogens is 3. The molecule has 0 bridgehead atoms. The number of hydrogen-bond donors (Lipinski definition) is 1. The number of benzene rings is 1. The van der Waals surface area contributed by atoms with Crippen LogP contribution >= 0.6 is 11.8 Å². The zero-order valence-corrected chi connectivity index (χ0v) is 23.4. The maximum Gasteiger partial charge on any atom is 0.433 e. The SMILES string of the molecule is COc1ccc(CCN(C)c2cc(C(F)(F)F)nc(SCc3ccc(C(=O)NCc4cccnc4)o3)n2)cc1OC. The van der Waals surface area contributed by atoms with Crippen LogP contribution in [0.3, 0.4) is 0 Å². The smallest absolute Gasteiger partial charge is 0.433 e. The van der Waals surface area contributed by atoms with Crippen LogP contribution in [0.4, 0.5) is 19.0 Å². The molecule has 3 heterocycles. The summed E-state index contributed by atoms with van der Waals surface area (Å²) in [6.07, 6.45) is -0.845. The molecule has 41 heavy (non-hydrogen) atoms. The Morgan fingerprint density at radius 2 is 1.85 bits per heavy atom. The molecule has 1 amide bonds. The average molecular weight is 588 g/mol. The Morgan fingerprint density at radius 1 is 1.05 bits per heavy atom. The van der Waals surface area contributed by atoms with Crippen molar-refractivity contribution in [3.05, 3.63) is 89.3 Å². The van der Waals surface area contributed by atoms with E-state index in [-0.39, 0.29) is 29.0 Å². The van der Waals surface area contributed by atoms with E-state index in [1.165, 1.54) is 13.2 Å². The number of likely N-dealkylation sites (N-methyl/N-ethyl adjacent to an activating group) is 1. The Kier molecular flexibility index (Phi) is 9.71. The number of anilines is 1. The quantitative estimate of drug-likeness (QED) is 0.172. The summed E-state index contributed by atoms with van der Waals surface area (Å²) in [5, 5.41) is 2.67. The summed E-state index contributed by atoms with van der Waals surface area (Å²) in [5.74, 6) is 1.48. The molecule has 0 aliphatic heterocycles. The number of ether oxygens (including phenoxy) is 2. The third-order valence-electron chi connectivity index (χ3n) is 5.96. The second-order valence-electron chi connectivity index (χ2n) is 8.85. The minimum atomic E-state index is -4.65. The van der Waals surface area contributed by atoms with Crippen molar-refractivity contribution in [3.63, 3.8) is 0 Å². The van der Waals surface area contributed by atoms with Gasteiger partial charge >= 0.3 is 6.18 Å². The minimum absolute atomic E-state index is 0.0632. The van der Waals surface area contributed by atoms with E-state index in [4.69, 9.17) is 13.9 Å². The first kappa shape index (κ1) is 29.7. The molecule has 3 aromatic heterocycles. The van der Waals surface area contributed by atoms with Crippen LogP contribution in [0.15, 0.2) is 70.5 Å². The van der Waals surface area contributed by atoms with E-state index in [0.29, 0.717) is 30.2 Å². The van der Waals surface area contributed by atoms with Gasteiger partial charge in [0.15, 0.2) is 28.1 Å². The van der Waals surface area contributed by atoms with Crippen molar-refractivity contribution < 1.29 is 31.9 Å². The molecule has 0 aliphatic carbocycles. The van der Waals surface area contributed by atoms with Gasteiger partial charge in [0.1, 0.15) is 11.6 Å². The van der Waals surface area contributed by atoms with Crippen LogP contribution in [0.2, 0.25) is 0 Å². The molecular formula is C28H28F3N5O4S. The van der Waals surface area contributed by atoms with Crippen LogP contribution < -0.4 is 19.7 Å². The number of nitrogens with zero attached hydrogens (tertiary/aromatic N) is 4. The lowest BCUT2D eigenvalue weighted by Crippen LogP contribution is -2.23. The lowest BCUT2D eigenvalue weighted by atomic mass is 10.1. The maximum atomic E-state index is 13.7. The molecule has 0 saturated heterocycles. The topological polar surface area (TPSA) is 103 Å². The molecule has 0 saturated carbocycles. The van der Waals surface area contributed by atoms with Crippen LogP contribution in [0.25, 0.3) is 0 Å². The van der Waals surface area contributed by atoms with Gasteiger partial charge in [-0.2, -0.15) is 13.2 Å². The monoisotopic (exact) mass is 587 g/mol. The number of furan rings is 1. The molecule has 1 aromatic carbocycles. The van der Waals surface area contributed by atoms with Crippen LogP contribution in [-0.4, -0.2) is 48.7 Å². The summed E-state index contributed by atoms with van der Waals surface area (Å²) < 4.78 is 57.1. The van der Waals surface area contributed by atoms with E-state index in [1.807, 2.05) is 18.2 Å². The zero-order chi connectivity index (χ0) is 29.4. The molecule has 0 aliphatic rings. The molecule has 0 radical (unpaired) electrons. The fourth-order valence-corrected chi connectivity index (χ4v) is 4.50. The predicted octanol–water partition coefficient (Wildman–Crippen LogP) is 5.40. The van der Waals surface area contributed by atoms with Gasteiger partial charge in [0.05, 0.1) is 20.0 Å².